The van der Waals surface area contributed by atoms with Gasteiger partial charge in [-0.05, 0) is 6.92 Å². The zero-order chi connectivity index (χ0) is 13.9. The highest BCUT2D eigenvalue weighted by atomic mass is 19.4. The number of alkyl halides is 3. The van der Waals surface area contributed by atoms with Crippen LogP contribution in [0.5, 0.6) is 0 Å². The highest BCUT2D eigenvalue weighted by Gasteiger charge is 2.30. The Balaban J connectivity index is 2.81. The summed E-state index contributed by atoms with van der Waals surface area (Å²) in [6.45, 7) is 1.30. The van der Waals surface area contributed by atoms with Crippen LogP contribution < -0.4 is 11.1 Å². The molecule has 1 atom stereocenters. The predicted molar refractivity (Wildman–Crippen MR) is 59.1 cm³/mol. The van der Waals surface area contributed by atoms with E-state index >= 15 is 0 Å². The molecule has 0 radical (unpaired) electrons. The number of aromatic nitrogens is 1. The van der Waals surface area contributed by atoms with Crippen LogP contribution in [0.2, 0.25) is 0 Å². The zero-order valence-electron chi connectivity index (χ0n) is 9.36. The van der Waals surface area contributed by atoms with Crippen molar-refractivity contribution >= 4 is 17.3 Å². The molecular weight excluding hydrogens is 253 g/mol. The Hall–Kier alpha value is -2.06. The molecule has 0 saturated carbocycles. The highest BCUT2D eigenvalue weighted by Crippen LogP contribution is 2.24. The Morgan fingerprint density at radius 2 is 2.17 bits per heavy atom. The first-order valence-corrected chi connectivity index (χ1v) is 4.92. The second-order valence-corrected chi connectivity index (χ2v) is 3.76. The lowest BCUT2D eigenvalue weighted by molar-refractivity contribution is -0.384. The Kier molecular flexibility index (Phi) is 3.94. The minimum atomic E-state index is -4.32. The lowest BCUT2D eigenvalue weighted by atomic mass is 10.2. The van der Waals surface area contributed by atoms with E-state index in [4.69, 9.17) is 5.73 Å². The minimum Gasteiger partial charge on any atom is -0.383 e. The second-order valence-electron chi connectivity index (χ2n) is 3.76. The average molecular weight is 264 g/mol. The molecule has 9 heteroatoms. The van der Waals surface area contributed by atoms with Crippen molar-refractivity contribution in [1.29, 1.82) is 0 Å². The molecule has 0 bridgehead atoms. The quantitative estimate of drug-likeness (QED) is 0.642. The molecule has 0 aromatic carbocycles. The Labute approximate surface area is 100 Å². The monoisotopic (exact) mass is 264 g/mol. The molecule has 0 amide bonds. The number of halogens is 3. The van der Waals surface area contributed by atoms with Gasteiger partial charge in [-0.3, -0.25) is 10.1 Å². The van der Waals surface area contributed by atoms with Gasteiger partial charge < -0.3 is 11.1 Å². The van der Waals surface area contributed by atoms with Crippen molar-refractivity contribution in [1.82, 2.24) is 4.98 Å². The molecule has 0 spiro atoms. The molecule has 18 heavy (non-hydrogen) atoms. The van der Waals surface area contributed by atoms with Gasteiger partial charge in [0.25, 0.3) is 5.69 Å². The van der Waals surface area contributed by atoms with E-state index in [1.54, 1.807) is 0 Å². The van der Waals surface area contributed by atoms with Gasteiger partial charge >= 0.3 is 6.18 Å². The van der Waals surface area contributed by atoms with Gasteiger partial charge in [0.1, 0.15) is 11.6 Å². The van der Waals surface area contributed by atoms with E-state index in [-0.39, 0.29) is 17.3 Å². The third kappa shape index (κ3) is 4.44. The maximum absolute atomic E-state index is 12.1. The summed E-state index contributed by atoms with van der Waals surface area (Å²) < 4.78 is 36.3. The number of hydrogen-bond donors (Lipinski definition) is 2. The van der Waals surface area contributed by atoms with E-state index in [2.05, 4.69) is 10.3 Å². The molecule has 100 valence electrons. The number of nitrogens with two attached hydrogens (primary N) is 1. The van der Waals surface area contributed by atoms with Crippen molar-refractivity contribution in [3.8, 4) is 0 Å². The fourth-order valence-electron chi connectivity index (χ4n) is 1.37. The largest absolute Gasteiger partial charge is 0.391 e. The van der Waals surface area contributed by atoms with E-state index in [1.807, 2.05) is 0 Å². The highest BCUT2D eigenvalue weighted by molar-refractivity contribution is 5.53. The Morgan fingerprint density at radius 1 is 1.56 bits per heavy atom. The lowest BCUT2D eigenvalue weighted by Gasteiger charge is -2.16. The molecule has 1 aromatic rings. The van der Waals surface area contributed by atoms with E-state index in [9.17, 15) is 23.3 Å². The third-order valence-electron chi connectivity index (χ3n) is 1.97. The van der Waals surface area contributed by atoms with Gasteiger partial charge in [-0.2, -0.15) is 13.2 Å². The molecule has 0 saturated heterocycles. The second kappa shape index (κ2) is 5.07. The summed E-state index contributed by atoms with van der Waals surface area (Å²) in [4.78, 5) is 13.5. The first-order valence-electron chi connectivity index (χ1n) is 4.92. The van der Waals surface area contributed by atoms with Crippen LogP contribution in [0.15, 0.2) is 12.1 Å². The smallest absolute Gasteiger partial charge is 0.383 e. The van der Waals surface area contributed by atoms with Gasteiger partial charge in [0.2, 0.25) is 0 Å². The first kappa shape index (κ1) is 14.0. The number of nitrogens with one attached hydrogen (secondary N) is 1. The van der Waals surface area contributed by atoms with E-state index in [1.165, 1.54) is 6.92 Å². The fourth-order valence-corrected chi connectivity index (χ4v) is 1.37. The first-order chi connectivity index (χ1) is 8.17. The van der Waals surface area contributed by atoms with Crippen molar-refractivity contribution in [2.45, 2.75) is 25.6 Å². The van der Waals surface area contributed by atoms with Crippen LogP contribution >= 0.6 is 0 Å². The van der Waals surface area contributed by atoms with Crippen LogP contribution in [0.25, 0.3) is 0 Å². The van der Waals surface area contributed by atoms with Crippen LogP contribution in [0.4, 0.5) is 30.5 Å². The van der Waals surface area contributed by atoms with E-state index < -0.39 is 23.6 Å². The number of hydrogen-bond acceptors (Lipinski definition) is 5. The zero-order valence-corrected chi connectivity index (χ0v) is 9.36. The molecule has 0 aliphatic rings. The van der Waals surface area contributed by atoms with Gasteiger partial charge in [-0.1, -0.05) is 0 Å². The maximum atomic E-state index is 12.1. The Morgan fingerprint density at radius 3 is 2.67 bits per heavy atom. The molecule has 1 heterocycles. The van der Waals surface area contributed by atoms with Gasteiger partial charge in [-0.25, -0.2) is 4.98 Å². The third-order valence-corrected chi connectivity index (χ3v) is 1.97. The minimum absolute atomic E-state index is 0.0570. The number of nitro groups is 1. The normalized spacial score (nSPS) is 13.1. The summed E-state index contributed by atoms with van der Waals surface area (Å²) >= 11 is 0. The van der Waals surface area contributed by atoms with Crippen molar-refractivity contribution in [3.63, 3.8) is 0 Å². The van der Waals surface area contributed by atoms with Gasteiger partial charge in [0, 0.05) is 6.04 Å². The van der Waals surface area contributed by atoms with Crippen LogP contribution in [0.1, 0.15) is 13.3 Å². The number of nitrogen functional groups attached to an aromatic ring is 1. The van der Waals surface area contributed by atoms with Crippen LogP contribution in [-0.4, -0.2) is 22.1 Å². The van der Waals surface area contributed by atoms with Crippen molar-refractivity contribution in [3.05, 3.63) is 22.2 Å². The summed E-state index contributed by atoms with van der Waals surface area (Å²) in [5, 5.41) is 13.0. The predicted octanol–water partition coefficient (Wildman–Crippen LogP) is 2.32. The van der Waals surface area contributed by atoms with Gasteiger partial charge in [0.05, 0.1) is 23.5 Å². The number of pyridine rings is 1. The standard InChI is InChI=1S/C9H11F3N4O2/c1-5(4-9(10,11)12)14-8-3-6(16(17)18)2-7(13)15-8/h2-3,5H,4H2,1H3,(H3,13,14,15). The molecule has 1 aromatic heterocycles. The average Bonchev–Trinajstić information content (AvgIpc) is 2.12. The fraction of sp³-hybridized carbons (Fsp3) is 0.444. The van der Waals surface area contributed by atoms with Gasteiger partial charge in [0.15, 0.2) is 0 Å². The molecule has 1 rings (SSSR count). The van der Waals surface area contributed by atoms with Crippen LogP contribution in [0, 0.1) is 10.1 Å². The summed E-state index contributed by atoms with van der Waals surface area (Å²) in [5.41, 5.74) is 4.99. The molecule has 0 fully saturated rings. The van der Waals surface area contributed by atoms with E-state index in [0.29, 0.717) is 0 Å². The SMILES string of the molecule is CC(CC(F)(F)F)Nc1cc([N+](=O)[O-])cc(N)n1. The lowest BCUT2D eigenvalue weighted by Crippen LogP contribution is -2.24. The van der Waals surface area contributed by atoms with Crippen LogP contribution in [-0.2, 0) is 0 Å². The summed E-state index contributed by atoms with van der Waals surface area (Å²) in [5.74, 6) is -0.190. The summed E-state index contributed by atoms with van der Waals surface area (Å²) in [6, 6.07) is 1.10. The van der Waals surface area contributed by atoms with Gasteiger partial charge in [-0.15, -0.1) is 0 Å². The van der Waals surface area contributed by atoms with Crippen molar-refractivity contribution < 1.29 is 18.1 Å². The molecule has 0 aliphatic carbocycles. The van der Waals surface area contributed by atoms with Crippen LogP contribution in [0.3, 0.4) is 0 Å². The topological polar surface area (TPSA) is 94.1 Å². The number of rotatable bonds is 4. The van der Waals surface area contributed by atoms with E-state index in [0.717, 1.165) is 12.1 Å². The Bertz CT molecular complexity index is 450. The molecule has 3 N–H and O–H groups in total. The molecule has 6 nitrogen and oxygen atoms in total. The summed E-state index contributed by atoms with van der Waals surface area (Å²) in [6.07, 6.45) is -5.39. The van der Waals surface area contributed by atoms with Crippen molar-refractivity contribution in [2.75, 3.05) is 11.1 Å². The maximum Gasteiger partial charge on any atom is 0.391 e. The van der Waals surface area contributed by atoms with Crippen molar-refractivity contribution in [2.24, 2.45) is 0 Å². The molecule has 0 aliphatic heterocycles. The molecule has 1 unspecified atom stereocenters. The molecular formula is C9H11F3N4O2. The number of anilines is 2. The number of nitrogens with zero attached hydrogens (tertiary/aromatic N) is 2. The summed E-state index contributed by atoms with van der Waals surface area (Å²) in [7, 11) is 0.